The number of hydrogen-bond donors (Lipinski definition) is 1. The van der Waals surface area contributed by atoms with Gasteiger partial charge in [0, 0.05) is 37.9 Å². The van der Waals surface area contributed by atoms with Gasteiger partial charge in [0.1, 0.15) is 16.4 Å². The molecule has 1 amide bonds. The minimum absolute atomic E-state index is 0.0685. The van der Waals surface area contributed by atoms with Crippen LogP contribution in [0.5, 0.6) is 11.5 Å². The predicted octanol–water partition coefficient (Wildman–Crippen LogP) is 1.33. The summed E-state index contributed by atoms with van der Waals surface area (Å²) in [7, 11) is -1.10. The first-order valence-electron chi connectivity index (χ1n) is 9.24. The normalized spacial score (nSPS) is 14.6. The quantitative estimate of drug-likeness (QED) is 0.729. The molecule has 0 spiro atoms. The Bertz CT molecular complexity index is 942. The number of methoxy groups -OCH3 is 2. The lowest BCUT2D eigenvalue weighted by Gasteiger charge is -2.36. The number of ether oxygens (including phenoxy) is 2. The van der Waals surface area contributed by atoms with Crippen LogP contribution in [0.3, 0.4) is 0 Å². The van der Waals surface area contributed by atoms with Crippen molar-refractivity contribution in [1.82, 2.24) is 9.62 Å². The summed E-state index contributed by atoms with van der Waals surface area (Å²) in [6, 6.07) is 14.5. The summed E-state index contributed by atoms with van der Waals surface area (Å²) in [5.74, 6) is 0.305. The number of anilines is 1. The number of para-hydroxylation sites is 1. The summed E-state index contributed by atoms with van der Waals surface area (Å²) in [6.45, 7) is 2.17. The van der Waals surface area contributed by atoms with Gasteiger partial charge in [0.15, 0.2) is 0 Å². The van der Waals surface area contributed by atoms with Crippen molar-refractivity contribution in [3.63, 3.8) is 0 Å². The molecule has 9 heteroatoms. The number of amides is 1. The SMILES string of the molecule is COc1ccc(OC)c(S(=O)(=O)NCC(=O)N2CCN(c3ccccc3)CC2)c1. The van der Waals surface area contributed by atoms with Crippen molar-refractivity contribution in [3.8, 4) is 11.5 Å². The Morgan fingerprint density at radius 3 is 2.31 bits per heavy atom. The Hall–Kier alpha value is -2.78. The molecule has 1 heterocycles. The lowest BCUT2D eigenvalue weighted by atomic mass is 10.2. The first-order chi connectivity index (χ1) is 13.9. The van der Waals surface area contributed by atoms with Gasteiger partial charge in [-0.15, -0.1) is 0 Å². The van der Waals surface area contributed by atoms with E-state index in [2.05, 4.69) is 9.62 Å². The van der Waals surface area contributed by atoms with Crippen LogP contribution in [0.1, 0.15) is 0 Å². The number of carbonyl (C=O) groups is 1. The summed E-state index contributed by atoms with van der Waals surface area (Å²) in [5, 5.41) is 0. The van der Waals surface area contributed by atoms with Gasteiger partial charge in [0.2, 0.25) is 15.9 Å². The Labute approximate surface area is 171 Å². The molecule has 156 valence electrons. The standard InChI is InChI=1S/C20H25N3O5S/c1-27-17-8-9-18(28-2)19(14-17)29(25,26)21-15-20(24)23-12-10-22(11-13-23)16-6-4-3-5-7-16/h3-9,14,21H,10-13,15H2,1-2H3. The van der Waals surface area contributed by atoms with Crippen LogP contribution in [0, 0.1) is 0 Å². The maximum Gasteiger partial charge on any atom is 0.244 e. The maximum absolute atomic E-state index is 12.7. The summed E-state index contributed by atoms with van der Waals surface area (Å²) in [5.41, 5.74) is 1.12. The minimum Gasteiger partial charge on any atom is -0.497 e. The van der Waals surface area contributed by atoms with Crippen molar-refractivity contribution < 1.29 is 22.7 Å². The van der Waals surface area contributed by atoms with Crippen LogP contribution in [0.2, 0.25) is 0 Å². The summed E-state index contributed by atoms with van der Waals surface area (Å²) in [4.78, 5) is 16.3. The molecule has 1 saturated heterocycles. The largest absolute Gasteiger partial charge is 0.497 e. The van der Waals surface area contributed by atoms with Crippen LogP contribution in [0.15, 0.2) is 53.4 Å². The third kappa shape index (κ3) is 4.99. The highest BCUT2D eigenvalue weighted by Gasteiger charge is 2.25. The van der Waals surface area contributed by atoms with Gasteiger partial charge < -0.3 is 19.3 Å². The minimum atomic E-state index is -3.94. The molecule has 2 aromatic carbocycles. The molecular formula is C20H25N3O5S. The molecule has 0 aliphatic carbocycles. The number of nitrogens with one attached hydrogen (secondary N) is 1. The third-order valence-electron chi connectivity index (χ3n) is 4.83. The molecule has 1 aliphatic heterocycles. The van der Waals surface area contributed by atoms with Crippen molar-refractivity contribution in [2.24, 2.45) is 0 Å². The molecule has 0 atom stereocenters. The van der Waals surface area contributed by atoms with Gasteiger partial charge in [-0.1, -0.05) is 18.2 Å². The van der Waals surface area contributed by atoms with Gasteiger partial charge in [-0.3, -0.25) is 4.79 Å². The van der Waals surface area contributed by atoms with E-state index < -0.39 is 10.0 Å². The van der Waals surface area contributed by atoms with Crippen LogP contribution < -0.4 is 19.1 Å². The van der Waals surface area contributed by atoms with Crippen LogP contribution >= 0.6 is 0 Å². The zero-order valence-electron chi connectivity index (χ0n) is 16.5. The Morgan fingerprint density at radius 1 is 1.00 bits per heavy atom. The van der Waals surface area contributed by atoms with Crippen molar-refractivity contribution in [1.29, 1.82) is 0 Å². The molecule has 0 radical (unpaired) electrons. The fourth-order valence-electron chi connectivity index (χ4n) is 3.19. The number of rotatable bonds is 7. The molecule has 0 bridgehead atoms. The summed E-state index contributed by atoms with van der Waals surface area (Å²) < 4.78 is 38.0. The van der Waals surface area contributed by atoms with Gasteiger partial charge in [-0.05, 0) is 24.3 Å². The third-order valence-corrected chi connectivity index (χ3v) is 6.25. The van der Waals surface area contributed by atoms with Gasteiger partial charge in [-0.25, -0.2) is 13.1 Å². The highest BCUT2D eigenvalue weighted by molar-refractivity contribution is 7.89. The van der Waals surface area contributed by atoms with Crippen molar-refractivity contribution in [3.05, 3.63) is 48.5 Å². The second-order valence-electron chi connectivity index (χ2n) is 6.54. The average Bonchev–Trinajstić information content (AvgIpc) is 2.77. The highest BCUT2D eigenvalue weighted by atomic mass is 32.2. The second-order valence-corrected chi connectivity index (χ2v) is 8.28. The molecule has 3 rings (SSSR count). The van der Waals surface area contributed by atoms with Crippen molar-refractivity contribution in [2.75, 3.05) is 51.8 Å². The van der Waals surface area contributed by atoms with E-state index in [-0.39, 0.29) is 23.1 Å². The Morgan fingerprint density at radius 2 is 1.69 bits per heavy atom. The zero-order chi connectivity index (χ0) is 20.9. The first-order valence-corrected chi connectivity index (χ1v) is 10.7. The van der Waals surface area contributed by atoms with Crippen LogP contribution in [0.25, 0.3) is 0 Å². The molecular weight excluding hydrogens is 394 g/mol. The van der Waals surface area contributed by atoms with Gasteiger partial charge in [0.05, 0.1) is 20.8 Å². The van der Waals surface area contributed by atoms with Crippen LogP contribution in [0.4, 0.5) is 5.69 Å². The highest BCUT2D eigenvalue weighted by Crippen LogP contribution is 2.28. The molecule has 0 saturated carbocycles. The Kier molecular flexibility index (Phi) is 6.60. The molecule has 1 N–H and O–H groups in total. The summed E-state index contributed by atoms with van der Waals surface area (Å²) in [6.07, 6.45) is 0. The predicted molar refractivity (Wildman–Crippen MR) is 110 cm³/mol. The van der Waals surface area contributed by atoms with Gasteiger partial charge in [-0.2, -0.15) is 0 Å². The molecule has 2 aromatic rings. The fourth-order valence-corrected chi connectivity index (χ4v) is 4.35. The summed E-state index contributed by atoms with van der Waals surface area (Å²) >= 11 is 0. The van der Waals surface area contributed by atoms with Crippen molar-refractivity contribution in [2.45, 2.75) is 4.90 Å². The van der Waals surface area contributed by atoms with E-state index in [1.165, 1.54) is 26.4 Å². The van der Waals surface area contributed by atoms with Gasteiger partial charge >= 0.3 is 0 Å². The smallest absolute Gasteiger partial charge is 0.244 e. The lowest BCUT2D eigenvalue weighted by Crippen LogP contribution is -2.51. The lowest BCUT2D eigenvalue weighted by molar-refractivity contribution is -0.130. The average molecular weight is 420 g/mol. The van der Waals surface area contributed by atoms with E-state index in [0.29, 0.717) is 31.9 Å². The number of piperazine rings is 1. The topological polar surface area (TPSA) is 88.2 Å². The molecule has 0 unspecified atom stereocenters. The second kappa shape index (κ2) is 9.15. The number of benzene rings is 2. The molecule has 1 aliphatic rings. The molecule has 8 nitrogen and oxygen atoms in total. The number of carbonyl (C=O) groups excluding carboxylic acids is 1. The van der Waals surface area contributed by atoms with E-state index in [1.807, 2.05) is 30.3 Å². The van der Waals surface area contributed by atoms with Gasteiger partial charge in [0.25, 0.3) is 0 Å². The fraction of sp³-hybridized carbons (Fsp3) is 0.350. The van der Waals surface area contributed by atoms with E-state index >= 15 is 0 Å². The zero-order valence-corrected chi connectivity index (χ0v) is 17.3. The Balaban J connectivity index is 1.59. The first kappa shape index (κ1) is 20.9. The van der Waals surface area contributed by atoms with E-state index in [0.717, 1.165) is 5.69 Å². The van der Waals surface area contributed by atoms with E-state index in [4.69, 9.17) is 9.47 Å². The monoisotopic (exact) mass is 419 g/mol. The van der Waals surface area contributed by atoms with E-state index in [1.54, 1.807) is 11.0 Å². The number of nitrogens with zero attached hydrogens (tertiary/aromatic N) is 2. The molecule has 0 aromatic heterocycles. The van der Waals surface area contributed by atoms with Crippen molar-refractivity contribution >= 4 is 21.6 Å². The number of sulfonamides is 1. The number of hydrogen-bond acceptors (Lipinski definition) is 6. The molecule has 29 heavy (non-hydrogen) atoms. The van der Waals surface area contributed by atoms with Crippen LogP contribution in [-0.2, 0) is 14.8 Å². The maximum atomic E-state index is 12.7. The van der Waals surface area contributed by atoms with Crippen LogP contribution in [-0.4, -0.2) is 66.2 Å². The molecule has 1 fully saturated rings. The van der Waals surface area contributed by atoms with E-state index in [9.17, 15) is 13.2 Å².